The van der Waals surface area contributed by atoms with Crippen molar-refractivity contribution in [1.82, 2.24) is 15.0 Å². The van der Waals surface area contributed by atoms with Gasteiger partial charge in [0.2, 0.25) is 0 Å². The SMILES string of the molecule is Cc1cnc2nc(-c3cccc(C)c3Cl)[nH]c2c1. The molecule has 2 heterocycles. The van der Waals surface area contributed by atoms with Gasteiger partial charge >= 0.3 is 0 Å². The van der Waals surface area contributed by atoms with Crippen molar-refractivity contribution in [3.63, 3.8) is 0 Å². The van der Waals surface area contributed by atoms with Crippen LogP contribution in [0.3, 0.4) is 0 Å². The van der Waals surface area contributed by atoms with Gasteiger partial charge in [-0.3, -0.25) is 0 Å². The molecule has 0 unspecified atom stereocenters. The summed E-state index contributed by atoms with van der Waals surface area (Å²) < 4.78 is 0. The Morgan fingerprint density at radius 1 is 1.22 bits per heavy atom. The third-order valence-corrected chi connectivity index (χ3v) is 3.42. The maximum atomic E-state index is 6.31. The fraction of sp³-hybridized carbons (Fsp3) is 0.143. The van der Waals surface area contributed by atoms with Crippen molar-refractivity contribution in [2.45, 2.75) is 13.8 Å². The van der Waals surface area contributed by atoms with Crippen LogP contribution in [0.1, 0.15) is 11.1 Å². The molecule has 0 radical (unpaired) electrons. The third kappa shape index (κ3) is 1.77. The zero-order valence-electron chi connectivity index (χ0n) is 10.2. The lowest BCUT2D eigenvalue weighted by atomic mass is 10.1. The highest BCUT2D eigenvalue weighted by Gasteiger charge is 2.10. The van der Waals surface area contributed by atoms with Gasteiger partial charge in [-0.15, -0.1) is 0 Å². The molecule has 1 aromatic carbocycles. The number of aromatic nitrogens is 3. The summed E-state index contributed by atoms with van der Waals surface area (Å²) in [6.07, 6.45) is 1.81. The molecule has 3 aromatic rings. The van der Waals surface area contributed by atoms with Gasteiger partial charge in [0.1, 0.15) is 5.82 Å². The Balaban J connectivity index is 2.22. The Labute approximate surface area is 110 Å². The standard InChI is InChI=1S/C14H12ClN3/c1-8-6-11-14(16-7-8)18-13(17-11)10-5-3-4-9(2)12(10)15/h3-7H,1-2H3,(H,16,17,18). The topological polar surface area (TPSA) is 41.6 Å². The molecule has 0 saturated carbocycles. The molecule has 0 bridgehead atoms. The minimum Gasteiger partial charge on any atom is -0.337 e. The fourth-order valence-electron chi connectivity index (χ4n) is 1.96. The molecule has 0 spiro atoms. The summed E-state index contributed by atoms with van der Waals surface area (Å²) in [4.78, 5) is 12.0. The fourth-order valence-corrected chi connectivity index (χ4v) is 2.18. The Morgan fingerprint density at radius 3 is 2.89 bits per heavy atom. The lowest BCUT2D eigenvalue weighted by Gasteiger charge is -2.02. The molecule has 0 saturated heterocycles. The highest BCUT2D eigenvalue weighted by molar-refractivity contribution is 6.34. The number of pyridine rings is 1. The number of fused-ring (bicyclic) bond motifs is 1. The van der Waals surface area contributed by atoms with Gasteiger partial charge in [-0.05, 0) is 37.1 Å². The predicted octanol–water partition coefficient (Wildman–Crippen LogP) is 3.90. The van der Waals surface area contributed by atoms with E-state index in [4.69, 9.17) is 11.6 Å². The average molecular weight is 258 g/mol. The third-order valence-electron chi connectivity index (χ3n) is 2.92. The molecule has 3 rings (SSSR count). The molecule has 0 aliphatic carbocycles. The Kier molecular flexibility index (Phi) is 2.56. The van der Waals surface area contributed by atoms with Crippen LogP contribution in [0.2, 0.25) is 5.02 Å². The van der Waals surface area contributed by atoms with Crippen LogP contribution in [0, 0.1) is 13.8 Å². The molecule has 1 N–H and O–H groups in total. The largest absolute Gasteiger partial charge is 0.337 e. The molecular formula is C14H12ClN3. The Morgan fingerprint density at radius 2 is 2.06 bits per heavy atom. The van der Waals surface area contributed by atoms with Crippen LogP contribution in [0.15, 0.2) is 30.5 Å². The first-order valence-corrected chi connectivity index (χ1v) is 6.11. The molecule has 0 fully saturated rings. The molecule has 0 atom stereocenters. The van der Waals surface area contributed by atoms with Crippen LogP contribution in [0.25, 0.3) is 22.6 Å². The highest BCUT2D eigenvalue weighted by Crippen LogP contribution is 2.29. The van der Waals surface area contributed by atoms with E-state index in [1.165, 1.54) is 0 Å². The predicted molar refractivity (Wildman–Crippen MR) is 73.8 cm³/mol. The molecule has 2 aromatic heterocycles. The Hall–Kier alpha value is -1.87. The number of nitrogens with one attached hydrogen (secondary N) is 1. The van der Waals surface area contributed by atoms with Gasteiger partial charge in [-0.2, -0.15) is 0 Å². The first-order chi connectivity index (χ1) is 8.65. The van der Waals surface area contributed by atoms with Crippen LogP contribution in [-0.2, 0) is 0 Å². The minimum atomic E-state index is 0.716. The molecule has 18 heavy (non-hydrogen) atoms. The van der Waals surface area contributed by atoms with Gasteiger partial charge in [-0.25, -0.2) is 9.97 Å². The molecule has 0 aliphatic heterocycles. The summed E-state index contributed by atoms with van der Waals surface area (Å²) in [5.41, 5.74) is 4.70. The van der Waals surface area contributed by atoms with Gasteiger partial charge in [0.05, 0.1) is 10.5 Å². The second-order valence-corrected chi connectivity index (χ2v) is 4.78. The summed E-state index contributed by atoms with van der Waals surface area (Å²) in [6.45, 7) is 3.99. The van der Waals surface area contributed by atoms with Gasteiger partial charge in [0.25, 0.3) is 0 Å². The highest BCUT2D eigenvalue weighted by atomic mass is 35.5. The van der Waals surface area contributed by atoms with Crippen LogP contribution in [-0.4, -0.2) is 15.0 Å². The number of rotatable bonds is 1. The van der Waals surface area contributed by atoms with E-state index in [9.17, 15) is 0 Å². The van der Waals surface area contributed by atoms with E-state index in [-0.39, 0.29) is 0 Å². The van der Waals surface area contributed by atoms with E-state index in [1.807, 2.05) is 44.3 Å². The quantitative estimate of drug-likeness (QED) is 0.718. The van der Waals surface area contributed by atoms with E-state index >= 15 is 0 Å². The Bertz CT molecular complexity index is 731. The van der Waals surface area contributed by atoms with Crippen molar-refractivity contribution in [3.05, 3.63) is 46.6 Å². The number of hydrogen-bond acceptors (Lipinski definition) is 2. The summed E-state index contributed by atoms with van der Waals surface area (Å²) in [5.74, 6) is 0.761. The van der Waals surface area contributed by atoms with Crippen LogP contribution in [0.5, 0.6) is 0 Å². The number of nitrogens with zero attached hydrogens (tertiary/aromatic N) is 2. The number of aryl methyl sites for hydroxylation is 2. The molecule has 3 nitrogen and oxygen atoms in total. The monoisotopic (exact) mass is 257 g/mol. The van der Waals surface area contributed by atoms with Crippen molar-refractivity contribution < 1.29 is 0 Å². The minimum absolute atomic E-state index is 0.716. The average Bonchev–Trinajstić information content (AvgIpc) is 2.75. The number of benzene rings is 1. The molecule has 0 aliphatic rings. The van der Waals surface area contributed by atoms with Crippen molar-refractivity contribution >= 4 is 22.8 Å². The van der Waals surface area contributed by atoms with Crippen molar-refractivity contribution in [1.29, 1.82) is 0 Å². The maximum Gasteiger partial charge on any atom is 0.178 e. The normalized spacial score (nSPS) is 11.1. The van der Waals surface area contributed by atoms with E-state index in [1.54, 1.807) is 0 Å². The van der Waals surface area contributed by atoms with Gasteiger partial charge in [0.15, 0.2) is 5.65 Å². The summed E-state index contributed by atoms with van der Waals surface area (Å²) in [6, 6.07) is 7.95. The van der Waals surface area contributed by atoms with E-state index in [0.29, 0.717) is 5.65 Å². The lowest BCUT2D eigenvalue weighted by Crippen LogP contribution is -1.84. The first kappa shape index (κ1) is 11.2. The number of aromatic amines is 1. The van der Waals surface area contributed by atoms with Crippen molar-refractivity contribution in [2.24, 2.45) is 0 Å². The number of imidazole rings is 1. The summed E-state index contributed by atoms with van der Waals surface area (Å²) in [5, 5.41) is 0.730. The second-order valence-electron chi connectivity index (χ2n) is 4.41. The first-order valence-electron chi connectivity index (χ1n) is 5.73. The number of H-pyrrole nitrogens is 1. The molecular weight excluding hydrogens is 246 g/mol. The van der Waals surface area contributed by atoms with E-state index in [2.05, 4.69) is 15.0 Å². The zero-order valence-corrected chi connectivity index (χ0v) is 10.9. The lowest BCUT2D eigenvalue weighted by molar-refractivity contribution is 1.28. The van der Waals surface area contributed by atoms with Crippen LogP contribution < -0.4 is 0 Å². The van der Waals surface area contributed by atoms with Crippen molar-refractivity contribution in [3.8, 4) is 11.4 Å². The van der Waals surface area contributed by atoms with E-state index < -0.39 is 0 Å². The van der Waals surface area contributed by atoms with Gasteiger partial charge in [0, 0.05) is 11.8 Å². The van der Waals surface area contributed by atoms with Gasteiger partial charge in [-0.1, -0.05) is 23.7 Å². The molecule has 90 valence electrons. The number of hydrogen-bond donors (Lipinski definition) is 1. The van der Waals surface area contributed by atoms with E-state index in [0.717, 1.165) is 33.1 Å². The second kappa shape index (κ2) is 4.10. The molecule has 4 heteroatoms. The maximum absolute atomic E-state index is 6.31. The zero-order chi connectivity index (χ0) is 12.7. The smallest absolute Gasteiger partial charge is 0.178 e. The summed E-state index contributed by atoms with van der Waals surface area (Å²) >= 11 is 6.31. The van der Waals surface area contributed by atoms with Crippen molar-refractivity contribution in [2.75, 3.05) is 0 Å². The summed E-state index contributed by atoms with van der Waals surface area (Å²) in [7, 11) is 0. The van der Waals surface area contributed by atoms with Gasteiger partial charge < -0.3 is 4.98 Å². The van der Waals surface area contributed by atoms with Crippen LogP contribution in [0.4, 0.5) is 0 Å². The molecule has 0 amide bonds. The van der Waals surface area contributed by atoms with Crippen LogP contribution >= 0.6 is 11.6 Å². The number of halogens is 1.